The van der Waals surface area contributed by atoms with E-state index >= 15 is 0 Å². The maximum atomic E-state index is 11.0. The Kier molecular flexibility index (Phi) is 3.48. The molecule has 0 saturated carbocycles. The predicted molar refractivity (Wildman–Crippen MR) is 66.8 cm³/mol. The van der Waals surface area contributed by atoms with Gasteiger partial charge in [0.25, 0.3) is 5.69 Å². The fraction of sp³-hybridized carbons (Fsp3) is 0.500. The first kappa shape index (κ1) is 13.4. The summed E-state index contributed by atoms with van der Waals surface area (Å²) in [6.45, 7) is 4.74. The Morgan fingerprint density at radius 2 is 2.21 bits per heavy atom. The van der Waals surface area contributed by atoms with Crippen LogP contribution >= 0.6 is 0 Å². The molecule has 1 aromatic heterocycles. The molecular formula is C12H15N3O4. The molecule has 19 heavy (non-hydrogen) atoms. The minimum absolute atomic E-state index is 0.0975. The Morgan fingerprint density at radius 1 is 1.58 bits per heavy atom. The lowest BCUT2D eigenvalue weighted by molar-refractivity contribution is -0.386. The highest BCUT2D eigenvalue weighted by molar-refractivity contribution is 5.71. The summed E-state index contributed by atoms with van der Waals surface area (Å²) in [5, 5.41) is 19.8. The molecule has 0 spiro atoms. The lowest BCUT2D eigenvalue weighted by Gasteiger charge is -2.36. The molecule has 0 amide bonds. The van der Waals surface area contributed by atoms with Gasteiger partial charge >= 0.3 is 5.97 Å². The number of nitrogens with zero attached hydrogens (tertiary/aromatic N) is 3. The smallest absolute Gasteiger partial charge is 0.309 e. The van der Waals surface area contributed by atoms with E-state index in [2.05, 4.69) is 4.98 Å². The number of hydrogen-bond acceptors (Lipinski definition) is 5. The van der Waals surface area contributed by atoms with Gasteiger partial charge in [0.05, 0.1) is 16.5 Å². The van der Waals surface area contributed by atoms with Gasteiger partial charge in [-0.15, -0.1) is 0 Å². The highest BCUT2D eigenvalue weighted by atomic mass is 16.6. The number of pyridine rings is 1. The normalized spacial score (nSPS) is 16.1. The van der Waals surface area contributed by atoms with Crippen molar-refractivity contribution in [2.75, 3.05) is 13.1 Å². The van der Waals surface area contributed by atoms with Gasteiger partial charge in [0.1, 0.15) is 0 Å². The van der Waals surface area contributed by atoms with Gasteiger partial charge in [0.15, 0.2) is 0 Å². The number of aliphatic carboxylic acids is 1. The Bertz CT molecular complexity index is 538. The highest BCUT2D eigenvalue weighted by Crippen LogP contribution is 2.26. The van der Waals surface area contributed by atoms with Crippen molar-refractivity contribution in [2.24, 2.45) is 5.92 Å². The zero-order valence-electron chi connectivity index (χ0n) is 10.8. The molecule has 0 aromatic carbocycles. The van der Waals surface area contributed by atoms with E-state index in [4.69, 9.17) is 5.11 Å². The molecule has 7 heteroatoms. The van der Waals surface area contributed by atoms with Gasteiger partial charge in [-0.3, -0.25) is 24.8 Å². The van der Waals surface area contributed by atoms with E-state index in [1.807, 2.05) is 4.90 Å². The van der Waals surface area contributed by atoms with Gasteiger partial charge in [-0.25, -0.2) is 0 Å². The first-order valence-electron chi connectivity index (χ1n) is 5.94. The number of aryl methyl sites for hydroxylation is 1. The summed E-state index contributed by atoms with van der Waals surface area (Å²) in [4.78, 5) is 27.4. The number of nitro groups is 1. The summed E-state index contributed by atoms with van der Waals surface area (Å²) in [6.07, 6.45) is 1.49. The molecule has 0 radical (unpaired) electrons. The molecule has 0 aliphatic carbocycles. The molecule has 1 aliphatic heterocycles. The third-order valence-corrected chi connectivity index (χ3v) is 3.44. The van der Waals surface area contributed by atoms with Crippen molar-refractivity contribution >= 4 is 11.7 Å². The number of hydrogen-bond donors (Lipinski definition) is 1. The Labute approximate surface area is 110 Å². The lowest BCUT2D eigenvalue weighted by Crippen LogP contribution is -2.49. The van der Waals surface area contributed by atoms with Crippen LogP contribution in [0.5, 0.6) is 0 Å². The third kappa shape index (κ3) is 2.55. The molecule has 1 aromatic rings. The molecule has 2 heterocycles. The molecule has 7 nitrogen and oxygen atoms in total. The predicted octanol–water partition coefficient (Wildman–Crippen LogP) is 1.12. The quantitative estimate of drug-likeness (QED) is 0.647. The summed E-state index contributed by atoms with van der Waals surface area (Å²) >= 11 is 0. The fourth-order valence-electron chi connectivity index (χ4n) is 2.27. The number of carboxylic acid groups (broad SMARTS) is 1. The Hall–Kier alpha value is -2.02. The van der Waals surface area contributed by atoms with E-state index in [9.17, 15) is 14.9 Å². The molecule has 2 rings (SSSR count). The van der Waals surface area contributed by atoms with Crippen LogP contribution in [0, 0.1) is 29.9 Å². The van der Waals surface area contributed by atoms with Crippen LogP contribution in [-0.2, 0) is 11.3 Å². The highest BCUT2D eigenvalue weighted by Gasteiger charge is 2.33. The van der Waals surface area contributed by atoms with Crippen LogP contribution in [0.15, 0.2) is 6.20 Å². The van der Waals surface area contributed by atoms with Crippen molar-refractivity contribution < 1.29 is 14.8 Å². The molecule has 0 unspecified atom stereocenters. The minimum Gasteiger partial charge on any atom is -0.481 e. The van der Waals surface area contributed by atoms with Gasteiger partial charge in [0, 0.05) is 37.0 Å². The number of carboxylic acids is 1. The van der Waals surface area contributed by atoms with Crippen LogP contribution in [-0.4, -0.2) is 39.0 Å². The summed E-state index contributed by atoms with van der Waals surface area (Å²) in [5.41, 5.74) is 1.84. The van der Waals surface area contributed by atoms with E-state index in [-0.39, 0.29) is 11.6 Å². The van der Waals surface area contributed by atoms with E-state index < -0.39 is 10.9 Å². The second-order valence-electron chi connectivity index (χ2n) is 4.85. The SMILES string of the molecule is Cc1cnc(CN2CC(C(=O)O)C2)c(C)c1[N+](=O)[O-]. The van der Waals surface area contributed by atoms with Crippen LogP contribution in [0.4, 0.5) is 5.69 Å². The van der Waals surface area contributed by atoms with E-state index in [1.165, 1.54) is 6.20 Å². The maximum Gasteiger partial charge on any atom is 0.309 e. The van der Waals surface area contributed by atoms with Crippen molar-refractivity contribution in [3.63, 3.8) is 0 Å². The topological polar surface area (TPSA) is 96.6 Å². The van der Waals surface area contributed by atoms with Crippen LogP contribution in [0.3, 0.4) is 0 Å². The first-order chi connectivity index (χ1) is 8.90. The summed E-state index contributed by atoms with van der Waals surface area (Å²) in [7, 11) is 0. The molecule has 0 bridgehead atoms. The van der Waals surface area contributed by atoms with Crippen LogP contribution in [0.2, 0.25) is 0 Å². The standard InChI is InChI=1S/C12H15N3O4/c1-7-3-13-10(8(2)11(7)15(18)19)6-14-4-9(5-14)12(16)17/h3,9H,4-6H2,1-2H3,(H,16,17). The Morgan fingerprint density at radius 3 is 2.74 bits per heavy atom. The summed E-state index contributed by atoms with van der Waals surface area (Å²) in [5.74, 6) is -1.13. The van der Waals surface area contributed by atoms with Crippen LogP contribution < -0.4 is 0 Å². The third-order valence-electron chi connectivity index (χ3n) is 3.44. The zero-order valence-corrected chi connectivity index (χ0v) is 10.8. The number of likely N-dealkylation sites (tertiary alicyclic amines) is 1. The van der Waals surface area contributed by atoms with Crippen molar-refractivity contribution in [2.45, 2.75) is 20.4 Å². The molecule has 1 N–H and O–H groups in total. The molecule has 1 aliphatic rings. The zero-order chi connectivity index (χ0) is 14.2. The van der Waals surface area contributed by atoms with Gasteiger partial charge in [-0.1, -0.05) is 0 Å². The van der Waals surface area contributed by atoms with Crippen molar-refractivity contribution in [1.82, 2.24) is 9.88 Å². The van der Waals surface area contributed by atoms with Crippen molar-refractivity contribution in [3.05, 3.63) is 33.1 Å². The van der Waals surface area contributed by atoms with Gasteiger partial charge in [-0.05, 0) is 13.8 Å². The number of aromatic nitrogens is 1. The van der Waals surface area contributed by atoms with Crippen molar-refractivity contribution in [3.8, 4) is 0 Å². The van der Waals surface area contributed by atoms with E-state index in [1.54, 1.807) is 13.8 Å². The molecule has 0 atom stereocenters. The fourth-order valence-corrected chi connectivity index (χ4v) is 2.27. The first-order valence-corrected chi connectivity index (χ1v) is 5.94. The van der Waals surface area contributed by atoms with Crippen molar-refractivity contribution in [1.29, 1.82) is 0 Å². The molecular weight excluding hydrogens is 250 g/mol. The number of rotatable bonds is 4. The van der Waals surface area contributed by atoms with E-state index in [0.29, 0.717) is 36.5 Å². The van der Waals surface area contributed by atoms with Gasteiger partial charge in [0.2, 0.25) is 0 Å². The Balaban J connectivity index is 2.12. The average Bonchev–Trinajstić information content (AvgIpc) is 2.24. The largest absolute Gasteiger partial charge is 0.481 e. The van der Waals surface area contributed by atoms with Gasteiger partial charge in [-0.2, -0.15) is 0 Å². The second-order valence-corrected chi connectivity index (χ2v) is 4.85. The molecule has 102 valence electrons. The monoisotopic (exact) mass is 265 g/mol. The van der Waals surface area contributed by atoms with E-state index in [0.717, 1.165) is 0 Å². The summed E-state index contributed by atoms with van der Waals surface area (Å²) < 4.78 is 0. The molecule has 1 fully saturated rings. The summed E-state index contributed by atoms with van der Waals surface area (Å²) in [6, 6.07) is 0. The van der Waals surface area contributed by atoms with Crippen LogP contribution in [0.1, 0.15) is 16.8 Å². The second kappa shape index (κ2) is 4.93. The van der Waals surface area contributed by atoms with Crippen LogP contribution in [0.25, 0.3) is 0 Å². The number of carbonyl (C=O) groups is 1. The van der Waals surface area contributed by atoms with Gasteiger partial charge < -0.3 is 5.11 Å². The maximum absolute atomic E-state index is 11.0. The average molecular weight is 265 g/mol. The minimum atomic E-state index is -0.796. The molecule has 1 saturated heterocycles. The lowest BCUT2D eigenvalue weighted by atomic mass is 9.99.